The Morgan fingerprint density at radius 1 is 1.71 bits per heavy atom. The number of terminal acetylenes is 1. The molecule has 0 amide bonds. The van der Waals surface area contributed by atoms with Gasteiger partial charge in [0.1, 0.15) is 0 Å². The van der Waals surface area contributed by atoms with Crippen molar-refractivity contribution in [2.24, 2.45) is 0 Å². The van der Waals surface area contributed by atoms with Gasteiger partial charge in [-0.15, -0.1) is 0 Å². The van der Waals surface area contributed by atoms with Crippen LogP contribution in [0.1, 0.15) is 0 Å². The smallest absolute Gasteiger partial charge is 0.0362 e. The van der Waals surface area contributed by atoms with Gasteiger partial charge in [-0.25, -0.2) is 0 Å². The van der Waals surface area contributed by atoms with Crippen LogP contribution < -0.4 is 0 Å². The van der Waals surface area contributed by atoms with Crippen molar-refractivity contribution in [3.63, 3.8) is 0 Å². The van der Waals surface area contributed by atoms with E-state index < -0.39 is 0 Å². The van der Waals surface area contributed by atoms with Gasteiger partial charge >= 0.3 is 0 Å². The second-order valence-corrected chi connectivity index (χ2v) is 0.287. The van der Waals surface area contributed by atoms with Crippen LogP contribution >= 0.6 is 0 Å². The van der Waals surface area contributed by atoms with E-state index in [9.17, 15) is 0 Å². The molecule has 37 valence electrons. The molecule has 2 nitrogen and oxygen atoms in total. The maximum absolute atomic E-state index is 8.83. The van der Waals surface area contributed by atoms with Gasteiger partial charge in [-0.3, -0.25) is 0 Å². The fourth-order valence-electron chi connectivity index (χ4n) is 0. The Balaban J connectivity index is -0.0000000480. The summed E-state index contributed by atoms with van der Waals surface area (Å²) < 4.78 is 3.74. The molecule has 0 aromatic heterocycles. The molecule has 0 heterocycles. The molecule has 0 aliphatic carbocycles. The van der Waals surface area contributed by atoms with Gasteiger partial charge in [-0.1, -0.05) is 6.47 Å². The zero-order valence-corrected chi connectivity index (χ0v) is 6.81. The summed E-state index contributed by atoms with van der Waals surface area (Å²) in [5.41, 5.74) is 0. The largest absolute Gasteiger partial charge is 0.697 e. The minimum absolute atomic E-state index is 0. The fraction of sp³-hybridized carbons (Fsp3) is 0.250. The Kier molecular flexibility index (Phi) is 79.7. The van der Waals surface area contributed by atoms with Crippen molar-refractivity contribution < 1.29 is 42.2 Å². The first-order valence-corrected chi connectivity index (χ1v) is 1.11. The summed E-state index contributed by atoms with van der Waals surface area (Å²) in [7, 11) is 1.26. The monoisotopic (exact) mass is 173 g/mol. The SMILES string of the molecule is CO[C-]=O.[C-]#C.[Y]. The minimum atomic E-state index is 0. The van der Waals surface area contributed by atoms with Crippen molar-refractivity contribution in [3.05, 3.63) is 6.42 Å². The zero-order chi connectivity index (χ0) is 5.41. The molecule has 0 aliphatic heterocycles. The van der Waals surface area contributed by atoms with E-state index in [1.807, 2.05) is 0 Å². The topological polar surface area (TPSA) is 26.3 Å². The normalized spacial score (nSPS) is 3.29. The van der Waals surface area contributed by atoms with Gasteiger partial charge in [-0.05, 0) is 0 Å². The Morgan fingerprint density at radius 3 is 1.86 bits per heavy atom. The Morgan fingerprint density at radius 2 is 1.86 bits per heavy atom. The van der Waals surface area contributed by atoms with E-state index in [1.165, 1.54) is 13.6 Å². The Labute approximate surface area is 68.5 Å². The molecular weight excluding hydrogens is 169 g/mol. The molecule has 0 aliphatic rings. The number of hydrogen-bond acceptors (Lipinski definition) is 2. The van der Waals surface area contributed by atoms with Crippen molar-refractivity contribution in [1.29, 1.82) is 0 Å². The van der Waals surface area contributed by atoms with Gasteiger partial charge in [0.25, 0.3) is 0 Å². The molecule has 0 unspecified atom stereocenters. The van der Waals surface area contributed by atoms with E-state index in [0.29, 0.717) is 0 Å². The third-order valence-electron chi connectivity index (χ3n) is 0.0833. The first-order valence-electron chi connectivity index (χ1n) is 1.11. The summed E-state index contributed by atoms with van der Waals surface area (Å²) in [5.74, 6) is 0. The predicted octanol–water partition coefficient (Wildman–Crippen LogP) is -0.0965. The van der Waals surface area contributed by atoms with Crippen LogP contribution in [0.4, 0.5) is 0 Å². The molecule has 0 aromatic carbocycles. The van der Waals surface area contributed by atoms with Crippen molar-refractivity contribution in [2.75, 3.05) is 7.11 Å². The van der Waals surface area contributed by atoms with Crippen molar-refractivity contribution in [3.8, 4) is 6.42 Å². The maximum atomic E-state index is 8.83. The first-order chi connectivity index (χ1) is 2.91. The van der Waals surface area contributed by atoms with Crippen LogP contribution in [0.25, 0.3) is 0 Å². The summed E-state index contributed by atoms with van der Waals surface area (Å²) in [6, 6.07) is 0. The van der Waals surface area contributed by atoms with Gasteiger partial charge in [-0.2, -0.15) is 0 Å². The Bertz CT molecular complexity index is 42.2. The quantitative estimate of drug-likeness (QED) is 0.409. The van der Waals surface area contributed by atoms with Crippen molar-refractivity contribution >= 4 is 6.47 Å². The van der Waals surface area contributed by atoms with Gasteiger partial charge in [0.2, 0.25) is 0 Å². The average Bonchev–Trinajstić information content (AvgIpc) is 1.72. The standard InChI is InChI=1S/C2H3O2.C2H.Y/c1-4-2-3;1-2;/h1H3;1H;/q2*-1;. The van der Waals surface area contributed by atoms with E-state index in [1.54, 1.807) is 0 Å². The van der Waals surface area contributed by atoms with Gasteiger partial charge in [0.15, 0.2) is 0 Å². The molecule has 0 spiro atoms. The molecule has 7 heavy (non-hydrogen) atoms. The van der Waals surface area contributed by atoms with Crippen LogP contribution in [0.2, 0.25) is 0 Å². The minimum Gasteiger partial charge on any atom is -0.697 e. The third-order valence-corrected chi connectivity index (χ3v) is 0.0833. The van der Waals surface area contributed by atoms with Crippen LogP contribution in [-0.4, -0.2) is 13.6 Å². The molecular formula is C4H4O2Y-2. The molecule has 0 saturated heterocycles. The average molecular weight is 173 g/mol. The number of rotatable bonds is 1. The van der Waals surface area contributed by atoms with Crippen LogP contribution in [0, 0.1) is 12.8 Å². The van der Waals surface area contributed by atoms with Crippen LogP contribution in [0.5, 0.6) is 0 Å². The first kappa shape index (κ1) is 15.7. The Hall–Kier alpha value is 0.134. The maximum Gasteiger partial charge on any atom is 0.0362 e. The third kappa shape index (κ3) is 81.5. The molecule has 0 saturated carbocycles. The fourth-order valence-corrected chi connectivity index (χ4v) is 0. The van der Waals surface area contributed by atoms with E-state index in [-0.39, 0.29) is 32.7 Å². The summed E-state index contributed by atoms with van der Waals surface area (Å²) >= 11 is 0. The van der Waals surface area contributed by atoms with Crippen LogP contribution in [0.3, 0.4) is 0 Å². The predicted molar refractivity (Wildman–Crippen MR) is 20.9 cm³/mol. The van der Waals surface area contributed by atoms with Crippen LogP contribution in [0.15, 0.2) is 0 Å². The second kappa shape index (κ2) is 35.5. The van der Waals surface area contributed by atoms with Gasteiger partial charge in [0.05, 0.1) is 0 Å². The van der Waals surface area contributed by atoms with Gasteiger partial charge in [0, 0.05) is 39.8 Å². The van der Waals surface area contributed by atoms with Crippen molar-refractivity contribution in [1.82, 2.24) is 0 Å². The molecule has 1 radical (unpaired) electrons. The van der Waals surface area contributed by atoms with Crippen LogP contribution in [-0.2, 0) is 42.2 Å². The van der Waals surface area contributed by atoms with E-state index in [4.69, 9.17) is 11.2 Å². The molecule has 0 atom stereocenters. The van der Waals surface area contributed by atoms with Crippen molar-refractivity contribution in [2.45, 2.75) is 0 Å². The van der Waals surface area contributed by atoms with E-state index in [2.05, 4.69) is 11.2 Å². The van der Waals surface area contributed by atoms with E-state index >= 15 is 0 Å². The summed E-state index contributed by atoms with van der Waals surface area (Å²) in [6.45, 7) is 1.18. The summed E-state index contributed by atoms with van der Waals surface area (Å²) in [4.78, 5) is 8.83. The summed E-state index contributed by atoms with van der Waals surface area (Å²) in [6.07, 6.45) is 9.00. The summed E-state index contributed by atoms with van der Waals surface area (Å²) in [5, 5.41) is 0. The number of hydrogen-bond donors (Lipinski definition) is 0. The number of methoxy groups -OCH3 is 1. The molecule has 3 heteroatoms. The number of carbonyl (C=O) groups excluding carboxylic acids is 1. The van der Waals surface area contributed by atoms with E-state index in [0.717, 1.165) is 0 Å². The molecule has 0 N–H and O–H groups in total. The number of ether oxygens (including phenoxy) is 1. The molecule has 0 aromatic rings. The molecule has 0 bridgehead atoms. The van der Waals surface area contributed by atoms with Gasteiger partial charge < -0.3 is 22.4 Å². The molecule has 0 fully saturated rings. The second-order valence-electron chi connectivity index (χ2n) is 0.287. The molecule has 0 rings (SSSR count). The zero-order valence-electron chi connectivity index (χ0n) is 3.97.